The van der Waals surface area contributed by atoms with E-state index in [4.69, 9.17) is 9.84 Å². The predicted octanol–water partition coefficient (Wildman–Crippen LogP) is 1.24. The summed E-state index contributed by atoms with van der Waals surface area (Å²) in [6.45, 7) is 2.44. The zero-order chi connectivity index (χ0) is 13.7. The number of thioether (sulfide) groups is 1. The Hall–Kier alpha value is -2.09. The molecule has 8 heteroatoms. The van der Waals surface area contributed by atoms with Crippen molar-refractivity contribution in [2.45, 2.75) is 12.1 Å². The first kappa shape index (κ1) is 13.3. The molecule has 0 bridgehead atoms. The normalized spacial score (nSPS) is 10.4. The van der Waals surface area contributed by atoms with Gasteiger partial charge in [-0.2, -0.15) is 0 Å². The van der Waals surface area contributed by atoms with E-state index in [1.807, 2.05) is 13.0 Å². The van der Waals surface area contributed by atoms with Gasteiger partial charge < -0.3 is 9.84 Å². The van der Waals surface area contributed by atoms with Crippen molar-refractivity contribution >= 4 is 17.7 Å². The average Bonchev–Trinajstić information content (AvgIpc) is 2.86. The molecule has 0 fully saturated rings. The Morgan fingerprint density at radius 1 is 1.53 bits per heavy atom. The largest absolute Gasteiger partial charge is 0.481 e. The number of rotatable bonds is 6. The fourth-order valence-corrected chi connectivity index (χ4v) is 2.02. The number of ether oxygens (including phenoxy) is 1. The number of pyridine rings is 1. The van der Waals surface area contributed by atoms with E-state index in [0.717, 1.165) is 17.4 Å². The van der Waals surface area contributed by atoms with Crippen LogP contribution in [-0.4, -0.2) is 43.2 Å². The maximum Gasteiger partial charge on any atom is 0.313 e. The number of carboxylic acids is 1. The van der Waals surface area contributed by atoms with E-state index >= 15 is 0 Å². The molecule has 0 aliphatic heterocycles. The van der Waals surface area contributed by atoms with Gasteiger partial charge in [0.15, 0.2) is 5.16 Å². The minimum Gasteiger partial charge on any atom is -0.481 e. The molecule has 2 rings (SSSR count). The van der Waals surface area contributed by atoms with Gasteiger partial charge in [0.1, 0.15) is 6.33 Å². The highest BCUT2D eigenvalue weighted by Crippen LogP contribution is 2.19. The Labute approximate surface area is 113 Å². The third-order valence-electron chi connectivity index (χ3n) is 2.13. The summed E-state index contributed by atoms with van der Waals surface area (Å²) in [7, 11) is 0. The molecule has 7 nitrogen and oxygen atoms in total. The topological polar surface area (TPSA) is 90.1 Å². The van der Waals surface area contributed by atoms with Gasteiger partial charge >= 0.3 is 5.97 Å². The highest BCUT2D eigenvalue weighted by Gasteiger charge is 2.09. The first-order valence-corrected chi connectivity index (χ1v) is 6.53. The van der Waals surface area contributed by atoms with Gasteiger partial charge in [0.2, 0.25) is 5.88 Å². The standard InChI is InChI=1S/C11H12N4O3S/c1-2-18-9-4-3-8(5-12-9)15-7-13-14-11(15)19-6-10(16)17/h3-5,7H,2,6H2,1H3,(H,16,17). The fourth-order valence-electron chi connectivity index (χ4n) is 1.37. The molecule has 100 valence electrons. The zero-order valence-corrected chi connectivity index (χ0v) is 11.0. The third-order valence-corrected chi connectivity index (χ3v) is 3.06. The van der Waals surface area contributed by atoms with Crippen LogP contribution in [0.4, 0.5) is 0 Å². The Morgan fingerprint density at radius 3 is 3.00 bits per heavy atom. The van der Waals surface area contributed by atoms with Crippen molar-refractivity contribution in [3.8, 4) is 11.6 Å². The molecule has 0 aliphatic carbocycles. The van der Waals surface area contributed by atoms with Gasteiger partial charge in [0.05, 0.1) is 24.2 Å². The van der Waals surface area contributed by atoms with Crippen molar-refractivity contribution < 1.29 is 14.6 Å². The van der Waals surface area contributed by atoms with Crippen molar-refractivity contribution in [1.82, 2.24) is 19.7 Å². The summed E-state index contributed by atoms with van der Waals surface area (Å²) < 4.78 is 6.93. The van der Waals surface area contributed by atoms with Crippen LogP contribution in [0.25, 0.3) is 5.69 Å². The Morgan fingerprint density at radius 2 is 2.37 bits per heavy atom. The van der Waals surface area contributed by atoms with E-state index in [1.165, 1.54) is 6.33 Å². The molecule has 19 heavy (non-hydrogen) atoms. The lowest BCUT2D eigenvalue weighted by Gasteiger charge is -2.06. The van der Waals surface area contributed by atoms with Gasteiger partial charge in [-0.3, -0.25) is 9.36 Å². The monoisotopic (exact) mass is 280 g/mol. The van der Waals surface area contributed by atoms with E-state index in [2.05, 4.69) is 15.2 Å². The molecular formula is C11H12N4O3S. The van der Waals surface area contributed by atoms with Gasteiger partial charge in [0.25, 0.3) is 0 Å². The van der Waals surface area contributed by atoms with Crippen molar-refractivity contribution in [1.29, 1.82) is 0 Å². The van der Waals surface area contributed by atoms with E-state index in [-0.39, 0.29) is 5.75 Å². The highest BCUT2D eigenvalue weighted by molar-refractivity contribution is 7.99. The summed E-state index contributed by atoms with van der Waals surface area (Å²) in [6.07, 6.45) is 3.14. The first-order chi connectivity index (χ1) is 9.20. The van der Waals surface area contributed by atoms with Crippen LogP contribution in [0, 0.1) is 0 Å². The summed E-state index contributed by atoms with van der Waals surface area (Å²) in [4.78, 5) is 14.7. The third kappa shape index (κ3) is 3.44. The van der Waals surface area contributed by atoms with Crippen molar-refractivity contribution in [2.24, 2.45) is 0 Å². The Bertz CT molecular complexity index is 555. The average molecular weight is 280 g/mol. The molecule has 2 heterocycles. The van der Waals surface area contributed by atoms with Crippen LogP contribution in [0.5, 0.6) is 5.88 Å². The van der Waals surface area contributed by atoms with E-state index in [1.54, 1.807) is 16.8 Å². The quantitative estimate of drug-likeness (QED) is 0.796. The SMILES string of the molecule is CCOc1ccc(-n2cnnc2SCC(=O)O)cn1. The molecule has 0 radical (unpaired) electrons. The first-order valence-electron chi connectivity index (χ1n) is 5.54. The van der Waals surface area contributed by atoms with Crippen LogP contribution in [0.2, 0.25) is 0 Å². The highest BCUT2D eigenvalue weighted by atomic mass is 32.2. The molecule has 1 N–H and O–H groups in total. The number of carboxylic acid groups (broad SMARTS) is 1. The second kappa shape index (κ2) is 6.19. The molecule has 2 aromatic rings. The number of carbonyl (C=O) groups is 1. The lowest BCUT2D eigenvalue weighted by Crippen LogP contribution is -2.02. The van der Waals surface area contributed by atoms with Crippen molar-refractivity contribution in [2.75, 3.05) is 12.4 Å². The maximum atomic E-state index is 10.6. The molecule has 0 aliphatic rings. The maximum absolute atomic E-state index is 10.6. The van der Waals surface area contributed by atoms with Crippen molar-refractivity contribution in [3.63, 3.8) is 0 Å². The Balaban J connectivity index is 2.17. The van der Waals surface area contributed by atoms with Crippen LogP contribution >= 0.6 is 11.8 Å². The van der Waals surface area contributed by atoms with Crippen LogP contribution in [0.1, 0.15) is 6.92 Å². The lowest BCUT2D eigenvalue weighted by atomic mass is 10.4. The summed E-state index contributed by atoms with van der Waals surface area (Å²) in [5.41, 5.74) is 0.751. The van der Waals surface area contributed by atoms with Crippen LogP contribution in [0.15, 0.2) is 29.8 Å². The fraction of sp³-hybridized carbons (Fsp3) is 0.273. The van der Waals surface area contributed by atoms with Gasteiger partial charge in [0, 0.05) is 6.07 Å². The van der Waals surface area contributed by atoms with Gasteiger partial charge in [-0.25, -0.2) is 4.98 Å². The number of aliphatic carboxylic acids is 1. The number of aromatic nitrogens is 4. The number of nitrogens with zero attached hydrogens (tertiary/aromatic N) is 4. The smallest absolute Gasteiger partial charge is 0.313 e. The minimum atomic E-state index is -0.899. The summed E-state index contributed by atoms with van der Waals surface area (Å²) >= 11 is 1.10. The molecule has 0 amide bonds. The molecule has 0 saturated carbocycles. The summed E-state index contributed by atoms with van der Waals surface area (Å²) in [6, 6.07) is 3.55. The predicted molar refractivity (Wildman–Crippen MR) is 68.7 cm³/mol. The van der Waals surface area contributed by atoms with Crippen LogP contribution in [0.3, 0.4) is 0 Å². The van der Waals surface area contributed by atoms with Crippen molar-refractivity contribution in [3.05, 3.63) is 24.7 Å². The minimum absolute atomic E-state index is 0.0663. The molecule has 0 unspecified atom stereocenters. The zero-order valence-electron chi connectivity index (χ0n) is 10.2. The second-order valence-electron chi connectivity index (χ2n) is 3.45. The number of hydrogen-bond donors (Lipinski definition) is 1. The molecule has 0 spiro atoms. The van der Waals surface area contributed by atoms with E-state index < -0.39 is 5.97 Å². The molecule has 0 aromatic carbocycles. The van der Waals surface area contributed by atoms with Crippen LogP contribution < -0.4 is 4.74 Å². The van der Waals surface area contributed by atoms with Gasteiger partial charge in [-0.1, -0.05) is 11.8 Å². The second-order valence-corrected chi connectivity index (χ2v) is 4.40. The van der Waals surface area contributed by atoms with Gasteiger partial charge in [-0.15, -0.1) is 10.2 Å². The van der Waals surface area contributed by atoms with Gasteiger partial charge in [-0.05, 0) is 13.0 Å². The van der Waals surface area contributed by atoms with Crippen LogP contribution in [-0.2, 0) is 4.79 Å². The molecule has 2 aromatic heterocycles. The molecular weight excluding hydrogens is 268 g/mol. The molecule has 0 atom stereocenters. The van der Waals surface area contributed by atoms with E-state index in [0.29, 0.717) is 17.6 Å². The molecule has 0 saturated heterocycles. The summed E-state index contributed by atoms with van der Waals surface area (Å²) in [5.74, 6) is -0.424. The van der Waals surface area contributed by atoms with E-state index in [9.17, 15) is 4.79 Å². The number of hydrogen-bond acceptors (Lipinski definition) is 6. The Kier molecular flexibility index (Phi) is 4.35. The lowest BCUT2D eigenvalue weighted by molar-refractivity contribution is -0.133. The summed E-state index contributed by atoms with van der Waals surface area (Å²) in [5, 5.41) is 16.8.